The second-order valence-electron chi connectivity index (χ2n) is 7.05. The fourth-order valence-corrected chi connectivity index (χ4v) is 3.61. The van der Waals surface area contributed by atoms with E-state index in [1.165, 1.54) is 0 Å². The molecular formula is C21H19N5O5. The van der Waals surface area contributed by atoms with E-state index in [0.29, 0.717) is 52.6 Å². The molecule has 1 saturated heterocycles. The summed E-state index contributed by atoms with van der Waals surface area (Å²) >= 11 is 0. The lowest BCUT2D eigenvalue weighted by Crippen LogP contribution is -2.24. The van der Waals surface area contributed by atoms with Crippen LogP contribution in [0.1, 0.15) is 18.2 Å². The summed E-state index contributed by atoms with van der Waals surface area (Å²) in [5, 5.41) is 11.2. The van der Waals surface area contributed by atoms with Crippen LogP contribution in [0.5, 0.6) is 11.5 Å². The maximum absolute atomic E-state index is 12.7. The van der Waals surface area contributed by atoms with Crippen LogP contribution in [0, 0.1) is 0 Å². The fraction of sp³-hybridized carbons (Fsp3) is 0.238. The first kappa shape index (κ1) is 18.9. The van der Waals surface area contributed by atoms with Gasteiger partial charge >= 0.3 is 0 Å². The molecule has 1 aromatic carbocycles. The number of ether oxygens (including phenoxy) is 2. The summed E-state index contributed by atoms with van der Waals surface area (Å²) in [6.45, 7) is 0.418. The van der Waals surface area contributed by atoms with Crippen molar-refractivity contribution in [2.24, 2.45) is 0 Å². The highest BCUT2D eigenvalue weighted by atomic mass is 16.5. The summed E-state index contributed by atoms with van der Waals surface area (Å²) in [5.41, 5.74) is 1.88. The van der Waals surface area contributed by atoms with Crippen molar-refractivity contribution >= 4 is 11.6 Å². The van der Waals surface area contributed by atoms with E-state index in [0.717, 1.165) is 0 Å². The summed E-state index contributed by atoms with van der Waals surface area (Å²) in [6, 6.07) is 10.7. The maximum Gasteiger partial charge on any atom is 0.275 e. The van der Waals surface area contributed by atoms with Gasteiger partial charge in [0.05, 0.1) is 26.2 Å². The van der Waals surface area contributed by atoms with Crippen molar-refractivity contribution < 1.29 is 23.2 Å². The van der Waals surface area contributed by atoms with Gasteiger partial charge in [-0.2, -0.15) is 10.1 Å². The van der Waals surface area contributed by atoms with E-state index in [1.54, 1.807) is 55.7 Å². The molecule has 1 aliphatic rings. The topological polar surface area (TPSA) is 120 Å². The molecule has 1 aliphatic heterocycles. The molecule has 10 heteroatoms. The lowest BCUT2D eigenvalue weighted by molar-refractivity contribution is -0.117. The predicted molar refractivity (Wildman–Crippen MR) is 109 cm³/mol. The number of aromatic nitrogens is 4. The molecule has 31 heavy (non-hydrogen) atoms. The summed E-state index contributed by atoms with van der Waals surface area (Å²) in [4.78, 5) is 18.9. The number of carbonyl (C=O) groups is 1. The molecule has 1 amide bonds. The number of hydrogen-bond donors (Lipinski definition) is 1. The van der Waals surface area contributed by atoms with Crippen molar-refractivity contribution in [3.8, 4) is 34.5 Å². The Balaban J connectivity index is 1.36. The Morgan fingerprint density at radius 2 is 2.10 bits per heavy atom. The van der Waals surface area contributed by atoms with E-state index in [1.807, 2.05) is 6.07 Å². The first-order chi connectivity index (χ1) is 15.2. The Hall–Kier alpha value is -4.08. The zero-order valence-corrected chi connectivity index (χ0v) is 16.9. The number of furan rings is 1. The van der Waals surface area contributed by atoms with Gasteiger partial charge in [0.1, 0.15) is 22.9 Å². The van der Waals surface area contributed by atoms with Crippen LogP contribution in [0.2, 0.25) is 0 Å². The Morgan fingerprint density at radius 1 is 1.19 bits per heavy atom. The molecule has 4 aromatic rings. The zero-order valence-electron chi connectivity index (χ0n) is 16.9. The van der Waals surface area contributed by atoms with Gasteiger partial charge in [-0.05, 0) is 24.3 Å². The molecule has 0 radical (unpaired) electrons. The second kappa shape index (κ2) is 7.63. The molecule has 1 unspecified atom stereocenters. The molecule has 3 aromatic heterocycles. The van der Waals surface area contributed by atoms with Crippen molar-refractivity contribution in [3.05, 3.63) is 48.5 Å². The summed E-state index contributed by atoms with van der Waals surface area (Å²) in [5.74, 6) is 2.37. The van der Waals surface area contributed by atoms with Crippen LogP contribution in [0.3, 0.4) is 0 Å². The standard InChI is InChI=1S/C21H19N5O5/c1-28-13-5-6-16(18(9-13)29-2)26-11-12(8-19(26)27)20-22-21(31-25-20)15-10-14(23-24-15)17-4-3-7-30-17/h3-7,9-10,12H,8,11H2,1-2H3,(H,23,24). The number of nitrogens with zero attached hydrogens (tertiary/aromatic N) is 4. The average molecular weight is 421 g/mol. The lowest BCUT2D eigenvalue weighted by Gasteiger charge is -2.19. The minimum atomic E-state index is -0.204. The van der Waals surface area contributed by atoms with Crippen LogP contribution in [0.15, 0.2) is 51.6 Å². The van der Waals surface area contributed by atoms with E-state index in [2.05, 4.69) is 20.3 Å². The van der Waals surface area contributed by atoms with Gasteiger partial charge in [0.15, 0.2) is 11.6 Å². The van der Waals surface area contributed by atoms with Crippen LogP contribution < -0.4 is 14.4 Å². The molecule has 0 aliphatic carbocycles. The Labute approximate surface area is 176 Å². The average Bonchev–Trinajstić information content (AvgIpc) is 3.59. The number of aromatic amines is 1. The molecule has 0 saturated carbocycles. The van der Waals surface area contributed by atoms with Crippen molar-refractivity contribution in [3.63, 3.8) is 0 Å². The third-order valence-electron chi connectivity index (χ3n) is 5.19. The summed E-state index contributed by atoms with van der Waals surface area (Å²) in [6.07, 6.45) is 1.85. The lowest BCUT2D eigenvalue weighted by atomic mass is 10.1. The van der Waals surface area contributed by atoms with E-state index in [9.17, 15) is 4.79 Å². The molecule has 0 spiro atoms. The maximum atomic E-state index is 12.7. The number of hydrogen-bond acceptors (Lipinski definition) is 8. The summed E-state index contributed by atoms with van der Waals surface area (Å²) < 4.78 is 21.4. The number of nitrogens with one attached hydrogen (secondary N) is 1. The van der Waals surface area contributed by atoms with Crippen LogP contribution in [0.4, 0.5) is 5.69 Å². The van der Waals surface area contributed by atoms with Crippen molar-refractivity contribution in [2.45, 2.75) is 12.3 Å². The quantitative estimate of drug-likeness (QED) is 0.504. The van der Waals surface area contributed by atoms with E-state index < -0.39 is 0 Å². The van der Waals surface area contributed by atoms with E-state index >= 15 is 0 Å². The Kier molecular flexibility index (Phi) is 4.66. The molecule has 1 N–H and O–H groups in total. The largest absolute Gasteiger partial charge is 0.497 e. The SMILES string of the molecule is COc1ccc(N2CC(c3noc(-c4cc(-c5ccco5)n[nH]4)n3)CC2=O)c(OC)c1. The molecule has 10 nitrogen and oxygen atoms in total. The van der Waals surface area contributed by atoms with E-state index in [4.69, 9.17) is 18.4 Å². The highest BCUT2D eigenvalue weighted by Gasteiger charge is 2.36. The van der Waals surface area contributed by atoms with Crippen LogP contribution in [-0.2, 0) is 4.79 Å². The highest BCUT2D eigenvalue weighted by molar-refractivity contribution is 5.97. The number of benzene rings is 1. The fourth-order valence-electron chi connectivity index (χ4n) is 3.61. The smallest absolute Gasteiger partial charge is 0.275 e. The van der Waals surface area contributed by atoms with Crippen LogP contribution >= 0.6 is 0 Å². The number of H-pyrrole nitrogens is 1. The predicted octanol–water partition coefficient (Wildman–Crippen LogP) is 3.26. The zero-order chi connectivity index (χ0) is 21.4. The monoisotopic (exact) mass is 421 g/mol. The van der Waals surface area contributed by atoms with Gasteiger partial charge in [0.2, 0.25) is 5.91 Å². The molecule has 1 atom stereocenters. The molecule has 4 heterocycles. The summed E-state index contributed by atoms with van der Waals surface area (Å²) in [7, 11) is 3.14. The molecular weight excluding hydrogens is 402 g/mol. The highest BCUT2D eigenvalue weighted by Crippen LogP contribution is 2.38. The third-order valence-corrected chi connectivity index (χ3v) is 5.19. The number of amides is 1. The van der Waals surface area contributed by atoms with Gasteiger partial charge in [-0.3, -0.25) is 9.89 Å². The van der Waals surface area contributed by atoms with E-state index in [-0.39, 0.29) is 18.2 Å². The van der Waals surface area contributed by atoms with Crippen molar-refractivity contribution in [2.75, 3.05) is 25.7 Å². The number of methoxy groups -OCH3 is 2. The van der Waals surface area contributed by atoms with Gasteiger partial charge in [-0.25, -0.2) is 0 Å². The van der Waals surface area contributed by atoms with Gasteiger partial charge < -0.3 is 23.3 Å². The van der Waals surface area contributed by atoms with Gasteiger partial charge in [0, 0.05) is 31.0 Å². The minimum absolute atomic E-state index is 0.0403. The molecule has 158 valence electrons. The van der Waals surface area contributed by atoms with Gasteiger partial charge in [0.25, 0.3) is 5.89 Å². The number of carbonyl (C=O) groups excluding carboxylic acids is 1. The molecule has 1 fully saturated rings. The van der Waals surface area contributed by atoms with Crippen molar-refractivity contribution in [1.82, 2.24) is 20.3 Å². The first-order valence-corrected chi connectivity index (χ1v) is 9.62. The number of anilines is 1. The Morgan fingerprint density at radius 3 is 2.87 bits per heavy atom. The number of rotatable bonds is 6. The van der Waals surface area contributed by atoms with Crippen LogP contribution in [0.25, 0.3) is 23.0 Å². The van der Waals surface area contributed by atoms with Gasteiger partial charge in [-0.15, -0.1) is 0 Å². The molecule has 5 rings (SSSR count). The second-order valence-corrected chi connectivity index (χ2v) is 7.05. The van der Waals surface area contributed by atoms with Crippen molar-refractivity contribution in [1.29, 1.82) is 0 Å². The Bertz CT molecular complexity index is 1210. The van der Waals surface area contributed by atoms with Crippen LogP contribution in [-0.4, -0.2) is 47.0 Å². The van der Waals surface area contributed by atoms with Gasteiger partial charge in [-0.1, -0.05) is 5.16 Å². The first-order valence-electron chi connectivity index (χ1n) is 9.62. The normalized spacial score (nSPS) is 16.1. The molecule has 0 bridgehead atoms. The minimum Gasteiger partial charge on any atom is -0.497 e. The third kappa shape index (κ3) is 3.41.